The van der Waals surface area contributed by atoms with Crippen LogP contribution in [0.5, 0.6) is 5.75 Å². The predicted octanol–water partition coefficient (Wildman–Crippen LogP) is 4.72. The third-order valence-corrected chi connectivity index (χ3v) is 4.48. The highest BCUT2D eigenvalue weighted by atomic mass is 79.9. The van der Waals surface area contributed by atoms with Crippen molar-refractivity contribution in [2.45, 2.75) is 6.92 Å². The van der Waals surface area contributed by atoms with Crippen LogP contribution in [0.1, 0.15) is 12.5 Å². The van der Waals surface area contributed by atoms with Gasteiger partial charge in [-0.1, -0.05) is 34.1 Å². The van der Waals surface area contributed by atoms with Crippen LogP contribution in [0.4, 0.5) is 5.69 Å². The number of hydrogen-bond acceptors (Lipinski definition) is 3. The molecule has 116 valence electrons. The summed E-state index contributed by atoms with van der Waals surface area (Å²) < 4.78 is 1.35. The highest BCUT2D eigenvalue weighted by molar-refractivity contribution is 9.11. The average Bonchev–Trinajstić information content (AvgIpc) is 2.81. The summed E-state index contributed by atoms with van der Waals surface area (Å²) in [7, 11) is 0. The van der Waals surface area contributed by atoms with Crippen molar-refractivity contribution in [3.05, 3.63) is 62.5 Å². The minimum absolute atomic E-state index is 0.0828. The van der Waals surface area contributed by atoms with Crippen LogP contribution < -0.4 is 5.01 Å². The van der Waals surface area contributed by atoms with Gasteiger partial charge in [0.2, 0.25) is 0 Å². The second kappa shape index (κ2) is 6.29. The molecule has 0 saturated carbocycles. The van der Waals surface area contributed by atoms with Crippen molar-refractivity contribution in [1.29, 1.82) is 0 Å². The Morgan fingerprint density at radius 1 is 1.17 bits per heavy atom. The van der Waals surface area contributed by atoms with Gasteiger partial charge < -0.3 is 5.11 Å². The second-order valence-corrected chi connectivity index (χ2v) is 6.79. The summed E-state index contributed by atoms with van der Waals surface area (Å²) in [6.45, 7) is 1.77. The normalized spacial score (nSPS) is 16.1. The Labute approximate surface area is 150 Å². The van der Waals surface area contributed by atoms with Crippen molar-refractivity contribution >= 4 is 55.2 Å². The zero-order valence-corrected chi connectivity index (χ0v) is 15.3. The van der Waals surface area contributed by atoms with Gasteiger partial charge in [0.25, 0.3) is 5.91 Å². The van der Waals surface area contributed by atoms with Gasteiger partial charge >= 0.3 is 0 Å². The molecule has 0 fully saturated rings. The first kappa shape index (κ1) is 16.0. The molecule has 2 aromatic rings. The Hall–Kier alpha value is -1.92. The van der Waals surface area contributed by atoms with E-state index in [9.17, 15) is 9.90 Å². The van der Waals surface area contributed by atoms with Crippen molar-refractivity contribution in [1.82, 2.24) is 0 Å². The molecule has 4 nitrogen and oxygen atoms in total. The fourth-order valence-electron chi connectivity index (χ4n) is 2.28. The van der Waals surface area contributed by atoms with Crippen LogP contribution in [0.15, 0.2) is 62.1 Å². The number of aromatic hydroxyl groups is 1. The zero-order valence-electron chi connectivity index (χ0n) is 12.1. The Morgan fingerprint density at radius 2 is 1.87 bits per heavy atom. The zero-order chi connectivity index (χ0) is 16.6. The first-order valence-corrected chi connectivity index (χ1v) is 8.41. The van der Waals surface area contributed by atoms with E-state index in [2.05, 4.69) is 37.0 Å². The van der Waals surface area contributed by atoms with Crippen LogP contribution in [0.25, 0.3) is 6.08 Å². The number of hydrogen-bond donors (Lipinski definition) is 1. The molecule has 0 aliphatic carbocycles. The Kier molecular flexibility index (Phi) is 4.37. The number of phenolic OH excluding ortho intramolecular Hbond substituents is 1. The van der Waals surface area contributed by atoms with E-state index in [4.69, 9.17) is 0 Å². The molecule has 0 saturated heterocycles. The predicted molar refractivity (Wildman–Crippen MR) is 98.5 cm³/mol. The third-order valence-electron chi connectivity index (χ3n) is 3.42. The van der Waals surface area contributed by atoms with Crippen LogP contribution in [-0.4, -0.2) is 16.7 Å². The minimum Gasteiger partial charge on any atom is -0.506 e. The molecule has 0 unspecified atom stereocenters. The van der Waals surface area contributed by atoms with Gasteiger partial charge in [0.15, 0.2) is 0 Å². The van der Waals surface area contributed by atoms with Crippen LogP contribution in [-0.2, 0) is 4.79 Å². The molecular formula is C17H12Br2N2O2. The third kappa shape index (κ3) is 3.09. The van der Waals surface area contributed by atoms with Crippen molar-refractivity contribution < 1.29 is 9.90 Å². The maximum atomic E-state index is 12.6. The van der Waals surface area contributed by atoms with E-state index >= 15 is 0 Å². The minimum atomic E-state index is -0.218. The number of hydrazone groups is 1. The summed E-state index contributed by atoms with van der Waals surface area (Å²) in [6.07, 6.45) is 1.65. The summed E-state index contributed by atoms with van der Waals surface area (Å²) in [6, 6.07) is 12.7. The molecule has 3 rings (SSSR count). The highest BCUT2D eigenvalue weighted by Gasteiger charge is 2.28. The number of carbonyl (C=O) groups is 1. The molecule has 2 aromatic carbocycles. The molecule has 1 N–H and O–H groups in total. The van der Waals surface area contributed by atoms with Gasteiger partial charge in [-0.25, -0.2) is 0 Å². The van der Waals surface area contributed by atoms with Crippen molar-refractivity contribution in [3.8, 4) is 5.75 Å². The van der Waals surface area contributed by atoms with E-state index < -0.39 is 0 Å². The number of anilines is 1. The standard InChI is InChI=1S/C17H12Br2N2O2/c1-10-14(8-11-7-12(18)9-15(19)16(11)22)17(23)21(20-10)13-5-3-2-4-6-13/h2-9,22H,1H3/b14-8-. The van der Waals surface area contributed by atoms with Crippen molar-refractivity contribution in [2.24, 2.45) is 5.10 Å². The number of halogens is 2. The lowest BCUT2D eigenvalue weighted by atomic mass is 10.1. The van der Waals surface area contributed by atoms with E-state index in [1.807, 2.05) is 30.3 Å². The lowest BCUT2D eigenvalue weighted by Crippen LogP contribution is -2.21. The summed E-state index contributed by atoms with van der Waals surface area (Å²) in [5.74, 6) is -0.136. The van der Waals surface area contributed by atoms with Crippen LogP contribution >= 0.6 is 31.9 Å². The van der Waals surface area contributed by atoms with Crippen LogP contribution in [0, 0.1) is 0 Å². The Morgan fingerprint density at radius 3 is 2.57 bits per heavy atom. The molecule has 1 heterocycles. The summed E-state index contributed by atoms with van der Waals surface area (Å²) in [5.41, 5.74) is 2.31. The van der Waals surface area contributed by atoms with Gasteiger partial charge in [-0.05, 0) is 53.2 Å². The maximum absolute atomic E-state index is 12.6. The molecule has 1 aliphatic rings. The first-order valence-electron chi connectivity index (χ1n) is 6.82. The lowest BCUT2D eigenvalue weighted by molar-refractivity contribution is -0.114. The highest BCUT2D eigenvalue weighted by Crippen LogP contribution is 2.34. The van der Waals surface area contributed by atoms with Crippen LogP contribution in [0.2, 0.25) is 0 Å². The molecule has 0 radical (unpaired) electrons. The van der Waals surface area contributed by atoms with E-state index in [1.165, 1.54) is 5.01 Å². The van der Waals surface area contributed by atoms with Gasteiger partial charge in [-0.2, -0.15) is 10.1 Å². The molecule has 1 amide bonds. The number of carbonyl (C=O) groups excluding carboxylic acids is 1. The van der Waals surface area contributed by atoms with Gasteiger partial charge in [-0.15, -0.1) is 0 Å². The number of nitrogens with zero attached hydrogens (tertiary/aromatic N) is 2. The molecule has 0 aromatic heterocycles. The quantitative estimate of drug-likeness (QED) is 0.693. The molecule has 1 aliphatic heterocycles. The fraction of sp³-hybridized carbons (Fsp3) is 0.0588. The van der Waals surface area contributed by atoms with E-state index in [0.717, 1.165) is 4.47 Å². The largest absolute Gasteiger partial charge is 0.506 e. The monoisotopic (exact) mass is 434 g/mol. The van der Waals surface area contributed by atoms with Gasteiger partial charge in [0.05, 0.1) is 21.4 Å². The average molecular weight is 436 g/mol. The molecule has 6 heteroatoms. The van der Waals surface area contributed by atoms with Crippen molar-refractivity contribution in [2.75, 3.05) is 5.01 Å². The van der Waals surface area contributed by atoms with Crippen molar-refractivity contribution in [3.63, 3.8) is 0 Å². The molecular weight excluding hydrogens is 424 g/mol. The summed E-state index contributed by atoms with van der Waals surface area (Å²) in [5, 5.41) is 15.8. The molecule has 23 heavy (non-hydrogen) atoms. The van der Waals surface area contributed by atoms with Crippen LogP contribution in [0.3, 0.4) is 0 Å². The molecule has 0 spiro atoms. The lowest BCUT2D eigenvalue weighted by Gasteiger charge is -2.11. The van der Waals surface area contributed by atoms with Gasteiger partial charge in [0.1, 0.15) is 5.75 Å². The summed E-state index contributed by atoms with van der Waals surface area (Å²) in [4.78, 5) is 12.6. The first-order chi connectivity index (χ1) is 11.0. The topological polar surface area (TPSA) is 52.9 Å². The number of phenols is 1. The van der Waals surface area contributed by atoms with Gasteiger partial charge in [0, 0.05) is 10.0 Å². The van der Waals surface area contributed by atoms with E-state index in [0.29, 0.717) is 27.0 Å². The second-order valence-electron chi connectivity index (χ2n) is 5.02. The number of benzene rings is 2. The fourth-order valence-corrected chi connectivity index (χ4v) is 3.54. The maximum Gasteiger partial charge on any atom is 0.280 e. The summed E-state index contributed by atoms with van der Waals surface area (Å²) >= 11 is 6.67. The van der Waals surface area contributed by atoms with E-state index in [-0.39, 0.29) is 11.7 Å². The smallest absolute Gasteiger partial charge is 0.280 e. The number of para-hydroxylation sites is 1. The number of rotatable bonds is 2. The molecule has 0 atom stereocenters. The van der Waals surface area contributed by atoms with Gasteiger partial charge in [-0.3, -0.25) is 4.79 Å². The Balaban J connectivity index is 2.02. The molecule has 0 bridgehead atoms. The number of amides is 1. The van der Waals surface area contributed by atoms with E-state index in [1.54, 1.807) is 25.1 Å². The Bertz CT molecular complexity index is 845. The SMILES string of the molecule is CC1=NN(c2ccccc2)C(=O)/C1=C\c1cc(Br)cc(Br)c1O.